The summed E-state index contributed by atoms with van der Waals surface area (Å²) in [7, 11) is 3.17. The number of anilines is 3. The number of benzene rings is 2. The SMILES string of the molecule is COc1cc2[nH]c3ncnc(Nc4ncc(NCc5ccc(O)c(O)c5)cn4)c3c2cc1OC. The molecular formula is C23H21N7O4. The zero-order valence-corrected chi connectivity index (χ0v) is 18.3. The molecule has 0 radical (unpaired) electrons. The van der Waals surface area contributed by atoms with Gasteiger partial charge in [0.05, 0.1) is 43.2 Å². The van der Waals surface area contributed by atoms with E-state index in [4.69, 9.17) is 9.47 Å². The summed E-state index contributed by atoms with van der Waals surface area (Å²) in [4.78, 5) is 20.7. The summed E-state index contributed by atoms with van der Waals surface area (Å²) in [5, 5.41) is 27.0. The van der Waals surface area contributed by atoms with Crippen LogP contribution in [-0.4, -0.2) is 49.4 Å². The molecule has 0 spiro atoms. The zero-order valence-electron chi connectivity index (χ0n) is 18.3. The summed E-state index contributed by atoms with van der Waals surface area (Å²) in [6.45, 7) is 0.428. The highest BCUT2D eigenvalue weighted by Gasteiger charge is 2.16. The number of H-pyrrole nitrogens is 1. The number of hydrogen-bond acceptors (Lipinski definition) is 10. The number of fused-ring (bicyclic) bond motifs is 3. The molecule has 172 valence electrons. The van der Waals surface area contributed by atoms with Crippen LogP contribution >= 0.6 is 0 Å². The lowest BCUT2D eigenvalue weighted by atomic mass is 10.2. The Kier molecular flexibility index (Phi) is 5.34. The van der Waals surface area contributed by atoms with Gasteiger partial charge in [-0.2, -0.15) is 0 Å². The second-order valence-electron chi connectivity index (χ2n) is 7.42. The molecule has 2 aromatic carbocycles. The number of aromatic hydroxyl groups is 2. The highest BCUT2D eigenvalue weighted by atomic mass is 16.5. The van der Waals surface area contributed by atoms with Crippen molar-refractivity contribution >= 4 is 39.4 Å². The van der Waals surface area contributed by atoms with Crippen LogP contribution in [0.1, 0.15) is 5.56 Å². The van der Waals surface area contributed by atoms with E-state index in [1.807, 2.05) is 12.1 Å². The summed E-state index contributed by atoms with van der Waals surface area (Å²) >= 11 is 0. The average Bonchev–Trinajstić information content (AvgIpc) is 3.23. The second-order valence-corrected chi connectivity index (χ2v) is 7.42. The number of aromatic amines is 1. The third-order valence-corrected chi connectivity index (χ3v) is 5.31. The van der Waals surface area contributed by atoms with Gasteiger partial charge in [0.1, 0.15) is 17.8 Å². The smallest absolute Gasteiger partial charge is 0.228 e. The van der Waals surface area contributed by atoms with Crippen LogP contribution in [0.4, 0.5) is 17.5 Å². The Morgan fingerprint density at radius 3 is 2.41 bits per heavy atom. The van der Waals surface area contributed by atoms with Crippen molar-refractivity contribution in [2.24, 2.45) is 0 Å². The number of nitrogens with zero attached hydrogens (tertiary/aromatic N) is 4. The lowest BCUT2D eigenvalue weighted by molar-refractivity contribution is 0.356. The largest absolute Gasteiger partial charge is 0.504 e. The van der Waals surface area contributed by atoms with Gasteiger partial charge in [-0.05, 0) is 23.8 Å². The van der Waals surface area contributed by atoms with Crippen molar-refractivity contribution < 1.29 is 19.7 Å². The summed E-state index contributed by atoms with van der Waals surface area (Å²) in [5.41, 5.74) is 2.97. The summed E-state index contributed by atoms with van der Waals surface area (Å²) < 4.78 is 10.8. The lowest BCUT2D eigenvalue weighted by Gasteiger charge is -2.09. The van der Waals surface area contributed by atoms with Crippen molar-refractivity contribution in [2.45, 2.75) is 6.54 Å². The molecule has 0 bridgehead atoms. The van der Waals surface area contributed by atoms with Gasteiger partial charge in [-0.1, -0.05) is 6.07 Å². The Labute approximate surface area is 193 Å². The van der Waals surface area contributed by atoms with Gasteiger partial charge in [-0.3, -0.25) is 0 Å². The highest BCUT2D eigenvalue weighted by molar-refractivity contribution is 6.12. The van der Waals surface area contributed by atoms with Crippen molar-refractivity contribution in [1.29, 1.82) is 0 Å². The summed E-state index contributed by atoms with van der Waals surface area (Å²) in [6, 6.07) is 8.37. The minimum atomic E-state index is -0.167. The Balaban J connectivity index is 1.39. The lowest BCUT2D eigenvalue weighted by Crippen LogP contribution is -2.03. The standard InChI is InChI=1S/C23H21N7O4/c1-33-18-6-14-15(7-19(18)34-2)29-21-20(14)22(28-11-27-21)30-23-25-9-13(10-26-23)24-8-12-3-4-16(31)17(32)5-12/h3-7,9-11,24,31-32H,8H2,1-2H3,(H2,25,26,27,28,29,30). The van der Waals surface area contributed by atoms with Crippen LogP contribution < -0.4 is 20.1 Å². The Hall–Kier alpha value is -4.80. The maximum atomic E-state index is 9.62. The Bertz CT molecular complexity index is 1490. The monoisotopic (exact) mass is 459 g/mol. The van der Waals surface area contributed by atoms with Gasteiger partial charge in [0.2, 0.25) is 5.95 Å². The van der Waals surface area contributed by atoms with Gasteiger partial charge >= 0.3 is 0 Å². The van der Waals surface area contributed by atoms with E-state index in [1.54, 1.807) is 32.7 Å². The van der Waals surface area contributed by atoms with E-state index < -0.39 is 0 Å². The molecule has 0 saturated heterocycles. The number of hydrogen-bond donors (Lipinski definition) is 5. The number of phenolic OH excluding ortho intramolecular Hbond substituents is 2. The van der Waals surface area contributed by atoms with Gasteiger partial charge in [0, 0.05) is 18.0 Å². The fraction of sp³-hybridized carbons (Fsp3) is 0.130. The van der Waals surface area contributed by atoms with E-state index >= 15 is 0 Å². The second kappa shape index (κ2) is 8.62. The van der Waals surface area contributed by atoms with Crippen molar-refractivity contribution in [2.75, 3.05) is 24.9 Å². The topological polar surface area (TPSA) is 150 Å². The van der Waals surface area contributed by atoms with Crippen LogP contribution in [0.25, 0.3) is 21.9 Å². The fourth-order valence-corrected chi connectivity index (χ4v) is 3.62. The highest BCUT2D eigenvalue weighted by Crippen LogP contribution is 2.37. The number of aromatic nitrogens is 5. The molecule has 0 atom stereocenters. The number of ether oxygens (including phenoxy) is 2. The van der Waals surface area contributed by atoms with E-state index in [2.05, 4.69) is 35.6 Å². The summed E-state index contributed by atoms with van der Waals surface area (Å²) in [5.74, 6) is 1.79. The first-order valence-electron chi connectivity index (χ1n) is 10.3. The van der Waals surface area contributed by atoms with Crippen LogP contribution in [0.5, 0.6) is 23.0 Å². The maximum Gasteiger partial charge on any atom is 0.228 e. The molecule has 3 heterocycles. The van der Waals surface area contributed by atoms with Crippen LogP contribution in [0.15, 0.2) is 49.1 Å². The fourth-order valence-electron chi connectivity index (χ4n) is 3.62. The number of nitrogens with one attached hydrogen (secondary N) is 3. The van der Waals surface area contributed by atoms with E-state index in [9.17, 15) is 10.2 Å². The Morgan fingerprint density at radius 2 is 1.68 bits per heavy atom. The van der Waals surface area contributed by atoms with Crippen LogP contribution in [0.2, 0.25) is 0 Å². The molecule has 11 heteroatoms. The number of methoxy groups -OCH3 is 2. The molecule has 5 N–H and O–H groups in total. The third kappa shape index (κ3) is 3.90. The summed E-state index contributed by atoms with van der Waals surface area (Å²) in [6.07, 6.45) is 4.73. The van der Waals surface area contributed by atoms with Gasteiger partial charge in [0.25, 0.3) is 0 Å². The molecular weight excluding hydrogens is 438 g/mol. The average molecular weight is 459 g/mol. The van der Waals surface area contributed by atoms with Crippen molar-refractivity contribution in [3.05, 3.63) is 54.6 Å². The van der Waals surface area contributed by atoms with E-state index in [0.717, 1.165) is 21.9 Å². The minimum Gasteiger partial charge on any atom is -0.504 e. The molecule has 0 amide bonds. The van der Waals surface area contributed by atoms with Crippen LogP contribution in [0, 0.1) is 0 Å². The normalized spacial score (nSPS) is 11.0. The predicted molar refractivity (Wildman–Crippen MR) is 127 cm³/mol. The minimum absolute atomic E-state index is 0.158. The zero-order chi connectivity index (χ0) is 23.7. The molecule has 0 saturated carbocycles. The maximum absolute atomic E-state index is 9.62. The van der Waals surface area contributed by atoms with Gasteiger partial charge in [0.15, 0.2) is 23.0 Å². The van der Waals surface area contributed by atoms with Crippen LogP contribution in [-0.2, 0) is 6.54 Å². The van der Waals surface area contributed by atoms with E-state index in [-0.39, 0.29) is 11.5 Å². The number of rotatable bonds is 7. The molecule has 5 aromatic rings. The van der Waals surface area contributed by atoms with Crippen molar-refractivity contribution in [3.63, 3.8) is 0 Å². The molecule has 0 aliphatic carbocycles. The van der Waals surface area contributed by atoms with Crippen molar-refractivity contribution in [1.82, 2.24) is 24.9 Å². The molecule has 0 aliphatic rings. The Morgan fingerprint density at radius 1 is 0.912 bits per heavy atom. The molecule has 11 nitrogen and oxygen atoms in total. The molecule has 0 fully saturated rings. The van der Waals surface area contributed by atoms with Gasteiger partial charge in [-0.25, -0.2) is 19.9 Å². The number of phenols is 2. The van der Waals surface area contributed by atoms with E-state index in [1.165, 1.54) is 18.5 Å². The van der Waals surface area contributed by atoms with E-state index in [0.29, 0.717) is 41.1 Å². The predicted octanol–water partition coefficient (Wildman–Crippen LogP) is 3.69. The quantitative estimate of drug-likeness (QED) is 0.228. The molecule has 3 aromatic heterocycles. The van der Waals surface area contributed by atoms with Crippen molar-refractivity contribution in [3.8, 4) is 23.0 Å². The first kappa shape index (κ1) is 21.1. The van der Waals surface area contributed by atoms with Gasteiger partial charge in [-0.15, -0.1) is 0 Å². The molecule has 5 rings (SSSR count). The molecule has 0 unspecified atom stereocenters. The van der Waals surface area contributed by atoms with Crippen LogP contribution in [0.3, 0.4) is 0 Å². The van der Waals surface area contributed by atoms with Gasteiger partial charge < -0.3 is 35.3 Å². The third-order valence-electron chi connectivity index (χ3n) is 5.31. The first-order chi connectivity index (χ1) is 16.6. The molecule has 0 aliphatic heterocycles. The molecule has 34 heavy (non-hydrogen) atoms. The first-order valence-corrected chi connectivity index (χ1v) is 10.3.